The van der Waals surface area contributed by atoms with Gasteiger partial charge in [-0.25, -0.2) is 26.7 Å². The molecule has 2 saturated carbocycles. The van der Waals surface area contributed by atoms with Crippen LogP contribution in [0.5, 0.6) is 5.75 Å². The summed E-state index contributed by atoms with van der Waals surface area (Å²) in [5.74, 6) is -9.84. The molecule has 0 radical (unpaired) electrons. The number of hydrogen-bond donors (Lipinski definition) is 0. The molecule has 2 aromatic rings. The number of ether oxygens (including phenoxy) is 1. The lowest BCUT2D eigenvalue weighted by molar-refractivity contribution is 0.0721. The predicted molar refractivity (Wildman–Crippen MR) is 123 cm³/mol. The second kappa shape index (κ2) is 11.1. The summed E-state index contributed by atoms with van der Waals surface area (Å²) in [6.07, 6.45) is 12.6. The first kappa shape index (κ1) is 25.6. The van der Waals surface area contributed by atoms with Crippen molar-refractivity contribution in [1.29, 1.82) is 0 Å². The van der Waals surface area contributed by atoms with Gasteiger partial charge in [0.05, 0.1) is 0 Å². The lowest BCUT2D eigenvalue weighted by atomic mass is 9.68. The van der Waals surface area contributed by atoms with Gasteiger partial charge >= 0.3 is 5.97 Å². The maximum atomic E-state index is 13.9. The van der Waals surface area contributed by atoms with E-state index in [0.717, 1.165) is 36.2 Å². The molecule has 0 heterocycles. The Morgan fingerprint density at radius 2 is 1.23 bits per heavy atom. The molecule has 0 aromatic heterocycles. The summed E-state index contributed by atoms with van der Waals surface area (Å²) in [5.41, 5.74) is -0.515. The average molecular weight is 495 g/mol. The van der Waals surface area contributed by atoms with Crippen LogP contribution in [-0.4, -0.2) is 5.97 Å². The smallest absolute Gasteiger partial charge is 0.349 e. The van der Waals surface area contributed by atoms with Gasteiger partial charge in [-0.05, 0) is 79.9 Å². The van der Waals surface area contributed by atoms with Crippen molar-refractivity contribution in [3.8, 4) is 5.75 Å². The van der Waals surface area contributed by atoms with Crippen LogP contribution in [0.2, 0.25) is 0 Å². The molecule has 2 fully saturated rings. The van der Waals surface area contributed by atoms with E-state index < -0.39 is 40.6 Å². The van der Waals surface area contributed by atoms with Crippen LogP contribution >= 0.6 is 0 Å². The molecule has 0 N–H and O–H groups in total. The summed E-state index contributed by atoms with van der Waals surface area (Å²) in [4.78, 5) is 12.1. The number of esters is 1. The Hall–Kier alpha value is -2.44. The van der Waals surface area contributed by atoms with Gasteiger partial charge in [-0.1, -0.05) is 44.7 Å². The van der Waals surface area contributed by atoms with Gasteiger partial charge in [-0.2, -0.15) is 0 Å². The zero-order valence-corrected chi connectivity index (χ0v) is 19.9. The van der Waals surface area contributed by atoms with E-state index in [0.29, 0.717) is 5.92 Å². The van der Waals surface area contributed by atoms with Crippen LogP contribution in [0.25, 0.3) is 0 Å². The average Bonchev–Trinajstić information content (AvgIpc) is 2.88. The van der Waals surface area contributed by atoms with E-state index in [1.54, 1.807) is 12.1 Å². The third-order valence-corrected chi connectivity index (χ3v) is 8.00. The minimum atomic E-state index is -2.32. The van der Waals surface area contributed by atoms with Crippen molar-refractivity contribution in [2.75, 3.05) is 0 Å². The molecule has 0 bridgehead atoms. The first-order chi connectivity index (χ1) is 16.8. The Labute approximate surface area is 202 Å². The van der Waals surface area contributed by atoms with Gasteiger partial charge in [0.2, 0.25) is 5.82 Å². The second-order valence-electron chi connectivity index (χ2n) is 10.1. The fourth-order valence-electron chi connectivity index (χ4n) is 6.03. The van der Waals surface area contributed by atoms with Crippen molar-refractivity contribution in [3.63, 3.8) is 0 Å². The molecule has 0 amide bonds. The Balaban J connectivity index is 1.33. The van der Waals surface area contributed by atoms with E-state index in [4.69, 9.17) is 4.74 Å². The molecular weight excluding hydrogens is 463 g/mol. The van der Waals surface area contributed by atoms with Gasteiger partial charge in [0.25, 0.3) is 0 Å². The van der Waals surface area contributed by atoms with E-state index in [2.05, 4.69) is 6.92 Å². The Kier molecular flexibility index (Phi) is 8.12. The maximum absolute atomic E-state index is 13.9. The summed E-state index contributed by atoms with van der Waals surface area (Å²) in [7, 11) is 0. The highest BCUT2D eigenvalue weighted by atomic mass is 19.2. The van der Waals surface area contributed by atoms with E-state index in [9.17, 15) is 26.7 Å². The number of carbonyl (C=O) groups excluding carboxylic acids is 1. The number of benzene rings is 2. The number of halogens is 5. The van der Waals surface area contributed by atoms with Crippen LogP contribution in [0.4, 0.5) is 22.0 Å². The number of rotatable bonds is 6. The van der Waals surface area contributed by atoms with Gasteiger partial charge in [-0.3, -0.25) is 0 Å². The molecule has 2 aliphatic rings. The van der Waals surface area contributed by atoms with E-state index in [-0.39, 0.29) is 5.75 Å². The topological polar surface area (TPSA) is 26.3 Å². The predicted octanol–water partition coefficient (Wildman–Crippen LogP) is 8.48. The van der Waals surface area contributed by atoms with Crippen molar-refractivity contribution in [2.45, 2.75) is 77.0 Å². The molecular formula is C28H31F5O2. The van der Waals surface area contributed by atoms with Crippen LogP contribution in [0.3, 0.4) is 0 Å². The minimum absolute atomic E-state index is 0.0276. The summed E-state index contributed by atoms with van der Waals surface area (Å²) >= 11 is 0. The maximum Gasteiger partial charge on any atom is 0.349 e. The number of carbonyl (C=O) groups is 1. The van der Waals surface area contributed by atoms with E-state index in [1.807, 2.05) is 0 Å². The zero-order chi connectivity index (χ0) is 25.1. The van der Waals surface area contributed by atoms with Crippen molar-refractivity contribution < 1.29 is 31.5 Å². The van der Waals surface area contributed by atoms with Crippen LogP contribution in [0, 0.1) is 46.8 Å². The Bertz CT molecular complexity index is 1010. The summed E-state index contributed by atoms with van der Waals surface area (Å²) in [5, 5.41) is 0. The lowest BCUT2D eigenvalue weighted by Crippen LogP contribution is -2.25. The third-order valence-electron chi connectivity index (χ3n) is 8.00. The van der Waals surface area contributed by atoms with Gasteiger partial charge in [0.1, 0.15) is 11.3 Å². The molecule has 190 valence electrons. The third kappa shape index (κ3) is 5.54. The molecule has 7 heteroatoms. The normalized spacial score (nSPS) is 24.9. The Morgan fingerprint density at radius 1 is 0.743 bits per heavy atom. The van der Waals surface area contributed by atoms with E-state index >= 15 is 0 Å². The van der Waals surface area contributed by atoms with Gasteiger partial charge in [0, 0.05) is 0 Å². The van der Waals surface area contributed by atoms with Crippen LogP contribution in [0.15, 0.2) is 24.3 Å². The van der Waals surface area contributed by atoms with Gasteiger partial charge in [0.15, 0.2) is 23.3 Å². The van der Waals surface area contributed by atoms with Crippen LogP contribution in [0.1, 0.15) is 93.0 Å². The molecule has 2 aliphatic carbocycles. The molecule has 0 atom stereocenters. The van der Waals surface area contributed by atoms with Crippen molar-refractivity contribution >= 4 is 5.97 Å². The minimum Gasteiger partial charge on any atom is -0.423 e. The molecule has 0 spiro atoms. The van der Waals surface area contributed by atoms with Crippen molar-refractivity contribution in [3.05, 3.63) is 64.5 Å². The van der Waals surface area contributed by atoms with Crippen molar-refractivity contribution in [2.24, 2.45) is 17.8 Å². The first-order valence-electron chi connectivity index (χ1n) is 12.6. The Morgan fingerprint density at radius 3 is 1.74 bits per heavy atom. The second-order valence-corrected chi connectivity index (χ2v) is 10.1. The first-order valence-corrected chi connectivity index (χ1v) is 12.6. The SMILES string of the molecule is CCCC1CCC(C2CCC(c3ccc(OC(=O)c4c(F)c(F)c(F)c(F)c4F)cc3)CC2)CC1. The zero-order valence-electron chi connectivity index (χ0n) is 19.9. The molecule has 2 aromatic carbocycles. The van der Waals surface area contributed by atoms with Crippen LogP contribution in [-0.2, 0) is 0 Å². The monoisotopic (exact) mass is 494 g/mol. The molecule has 0 unspecified atom stereocenters. The van der Waals surface area contributed by atoms with E-state index in [1.165, 1.54) is 63.5 Å². The van der Waals surface area contributed by atoms with Crippen molar-refractivity contribution in [1.82, 2.24) is 0 Å². The fraction of sp³-hybridized carbons (Fsp3) is 0.536. The largest absolute Gasteiger partial charge is 0.423 e. The molecule has 2 nitrogen and oxygen atoms in total. The highest BCUT2D eigenvalue weighted by Gasteiger charge is 2.32. The summed E-state index contributed by atoms with van der Waals surface area (Å²) in [6.45, 7) is 2.26. The fourth-order valence-corrected chi connectivity index (χ4v) is 6.03. The van der Waals surface area contributed by atoms with Gasteiger partial charge in [-0.15, -0.1) is 0 Å². The van der Waals surface area contributed by atoms with Gasteiger partial charge < -0.3 is 4.74 Å². The summed E-state index contributed by atoms with van der Waals surface area (Å²) < 4.78 is 72.6. The van der Waals surface area contributed by atoms with Crippen LogP contribution < -0.4 is 4.74 Å². The molecule has 0 saturated heterocycles. The highest BCUT2D eigenvalue weighted by Crippen LogP contribution is 2.44. The quantitative estimate of drug-likeness (QED) is 0.132. The number of hydrogen-bond acceptors (Lipinski definition) is 2. The highest BCUT2D eigenvalue weighted by molar-refractivity contribution is 5.91. The standard InChI is InChI=1S/C28H31F5O2/c1-2-3-16-4-6-17(7-5-16)18-8-10-19(11-9-18)20-12-14-21(15-13-20)35-28(34)22-23(29)25(31)27(33)26(32)24(22)30/h12-19H,2-11H2,1H3. The molecule has 0 aliphatic heterocycles. The summed E-state index contributed by atoms with van der Waals surface area (Å²) in [6, 6.07) is 6.56. The molecule has 4 rings (SSSR count). The molecule has 35 heavy (non-hydrogen) atoms. The lowest BCUT2D eigenvalue weighted by Gasteiger charge is -2.38.